The summed E-state index contributed by atoms with van der Waals surface area (Å²) in [4.78, 5) is 25.3. The van der Waals surface area contributed by atoms with Gasteiger partial charge in [0, 0.05) is 19.6 Å². The van der Waals surface area contributed by atoms with Crippen LogP contribution in [0, 0.1) is 12.3 Å². The van der Waals surface area contributed by atoms with Crippen LogP contribution in [0.2, 0.25) is 5.15 Å². The van der Waals surface area contributed by atoms with E-state index >= 15 is 0 Å². The summed E-state index contributed by atoms with van der Waals surface area (Å²) in [6.07, 6.45) is 0.451. The first-order valence-electron chi connectivity index (χ1n) is 6.55. The lowest BCUT2D eigenvalue weighted by Gasteiger charge is -2.20. The Hall–Kier alpha value is -1.56. The van der Waals surface area contributed by atoms with Crippen LogP contribution in [0.25, 0.3) is 0 Å². The second-order valence-corrected chi connectivity index (χ2v) is 5.77. The third-order valence-corrected chi connectivity index (χ3v) is 4.24. The molecule has 0 radical (unpaired) electrons. The Balaban J connectivity index is 2.26. The number of carboxylic acid groups (broad SMARTS) is 1. The highest BCUT2D eigenvalue weighted by Crippen LogP contribution is 2.32. The van der Waals surface area contributed by atoms with Crippen molar-refractivity contribution in [1.29, 1.82) is 0 Å². The van der Waals surface area contributed by atoms with Crippen LogP contribution in [0.5, 0.6) is 0 Å². The maximum atomic E-state index is 12.5. The van der Waals surface area contributed by atoms with Gasteiger partial charge in [-0.3, -0.25) is 14.3 Å². The van der Waals surface area contributed by atoms with E-state index in [-0.39, 0.29) is 12.5 Å². The van der Waals surface area contributed by atoms with E-state index < -0.39 is 11.4 Å². The Morgan fingerprint density at radius 1 is 1.50 bits per heavy atom. The van der Waals surface area contributed by atoms with Gasteiger partial charge < -0.3 is 10.0 Å². The van der Waals surface area contributed by atoms with E-state index in [1.54, 1.807) is 23.4 Å². The first-order chi connectivity index (χ1) is 9.30. The topological polar surface area (TPSA) is 75.4 Å². The number of carbonyl (C=O) groups is 2. The fourth-order valence-corrected chi connectivity index (χ4v) is 2.85. The normalized spacial score (nSPS) is 22.3. The van der Waals surface area contributed by atoms with E-state index in [4.69, 9.17) is 11.6 Å². The van der Waals surface area contributed by atoms with Crippen LogP contribution in [0.4, 0.5) is 0 Å². The lowest BCUT2D eigenvalue weighted by atomic mass is 9.90. The van der Waals surface area contributed by atoms with Gasteiger partial charge in [0.25, 0.3) is 5.91 Å². The summed E-state index contributed by atoms with van der Waals surface area (Å²) < 4.78 is 1.57. The molecular formula is C13H18ClN3O3. The van der Waals surface area contributed by atoms with Crippen molar-refractivity contribution in [3.8, 4) is 0 Å². The largest absolute Gasteiger partial charge is 0.481 e. The van der Waals surface area contributed by atoms with E-state index in [1.165, 1.54) is 0 Å². The average molecular weight is 300 g/mol. The minimum Gasteiger partial charge on any atom is -0.481 e. The van der Waals surface area contributed by atoms with Crippen LogP contribution in [0.3, 0.4) is 0 Å². The van der Waals surface area contributed by atoms with Crippen molar-refractivity contribution in [2.75, 3.05) is 13.1 Å². The zero-order valence-corrected chi connectivity index (χ0v) is 12.6. The molecule has 20 heavy (non-hydrogen) atoms. The molecule has 2 rings (SSSR count). The van der Waals surface area contributed by atoms with Gasteiger partial charge in [0.1, 0.15) is 5.15 Å². The number of likely N-dealkylation sites (tertiary alicyclic amines) is 1. The molecule has 1 N–H and O–H groups in total. The Kier molecular flexibility index (Phi) is 3.77. The van der Waals surface area contributed by atoms with Crippen molar-refractivity contribution in [1.82, 2.24) is 14.7 Å². The summed E-state index contributed by atoms with van der Waals surface area (Å²) in [5.41, 5.74) is 0.0745. The number of carbonyl (C=O) groups excluding carboxylic acids is 1. The van der Waals surface area contributed by atoms with Crippen LogP contribution < -0.4 is 0 Å². The highest BCUT2D eigenvalue weighted by molar-refractivity contribution is 6.33. The number of rotatable bonds is 3. The second kappa shape index (κ2) is 5.09. The highest BCUT2D eigenvalue weighted by Gasteiger charge is 2.43. The molecule has 7 heteroatoms. The lowest BCUT2D eigenvalue weighted by molar-refractivity contribution is -0.147. The van der Waals surface area contributed by atoms with Crippen molar-refractivity contribution in [3.05, 3.63) is 16.4 Å². The van der Waals surface area contributed by atoms with Crippen molar-refractivity contribution in [3.63, 3.8) is 0 Å². The molecule has 1 aliphatic heterocycles. The molecule has 6 nitrogen and oxygen atoms in total. The van der Waals surface area contributed by atoms with E-state index in [9.17, 15) is 14.7 Å². The maximum Gasteiger partial charge on any atom is 0.311 e. The van der Waals surface area contributed by atoms with Crippen LogP contribution >= 0.6 is 11.6 Å². The van der Waals surface area contributed by atoms with Crippen LogP contribution in [0.1, 0.15) is 36.3 Å². The van der Waals surface area contributed by atoms with E-state index in [1.807, 2.05) is 6.92 Å². The molecule has 0 aromatic carbocycles. The number of aryl methyl sites for hydroxylation is 2. The summed E-state index contributed by atoms with van der Waals surface area (Å²) in [5, 5.41) is 13.7. The minimum atomic E-state index is -0.878. The fraction of sp³-hybridized carbons (Fsp3) is 0.615. The number of hydrogen-bond acceptors (Lipinski definition) is 3. The zero-order valence-electron chi connectivity index (χ0n) is 11.8. The Bertz CT molecular complexity index is 569. The lowest BCUT2D eigenvalue weighted by Crippen LogP contribution is -2.35. The first kappa shape index (κ1) is 14.8. The van der Waals surface area contributed by atoms with Gasteiger partial charge in [0.2, 0.25) is 0 Å². The molecule has 0 spiro atoms. The molecular weight excluding hydrogens is 282 g/mol. The Morgan fingerprint density at radius 2 is 2.15 bits per heavy atom. The summed E-state index contributed by atoms with van der Waals surface area (Å²) in [7, 11) is 0. The number of aromatic nitrogens is 2. The number of halogens is 1. The molecule has 0 bridgehead atoms. The quantitative estimate of drug-likeness (QED) is 0.923. The van der Waals surface area contributed by atoms with E-state index in [0.29, 0.717) is 35.9 Å². The van der Waals surface area contributed by atoms with Gasteiger partial charge in [-0.05, 0) is 27.2 Å². The number of nitrogens with zero attached hydrogens (tertiary/aromatic N) is 3. The predicted octanol–water partition coefficient (Wildman–Crippen LogP) is 1.80. The number of hydrogen-bond donors (Lipinski definition) is 1. The van der Waals surface area contributed by atoms with Crippen LogP contribution in [-0.4, -0.2) is 44.8 Å². The monoisotopic (exact) mass is 299 g/mol. The molecule has 0 aliphatic carbocycles. The Morgan fingerprint density at radius 3 is 2.60 bits per heavy atom. The van der Waals surface area contributed by atoms with Crippen LogP contribution in [0.15, 0.2) is 0 Å². The van der Waals surface area contributed by atoms with Crippen molar-refractivity contribution in [2.24, 2.45) is 5.41 Å². The standard InChI is InChI=1S/C13H18ClN3O3/c1-4-17-10(14)9(8(2)15-17)11(18)16-6-5-13(3,7-16)12(19)20/h4-7H2,1-3H3,(H,19,20)/t13-/m1/s1. The molecule has 1 aromatic rings. The molecule has 2 heterocycles. The van der Waals surface area contributed by atoms with Crippen LogP contribution in [-0.2, 0) is 11.3 Å². The van der Waals surface area contributed by atoms with Crippen molar-refractivity contribution >= 4 is 23.5 Å². The van der Waals surface area contributed by atoms with Crippen molar-refractivity contribution in [2.45, 2.75) is 33.7 Å². The molecule has 0 unspecified atom stereocenters. The fourth-order valence-electron chi connectivity index (χ4n) is 2.47. The summed E-state index contributed by atoms with van der Waals surface area (Å²) in [5.74, 6) is -1.11. The number of aliphatic carboxylic acids is 1. The van der Waals surface area contributed by atoms with Gasteiger partial charge in [-0.25, -0.2) is 0 Å². The maximum absolute atomic E-state index is 12.5. The Labute approximate surface area is 122 Å². The molecule has 1 atom stereocenters. The number of carboxylic acids is 1. The first-order valence-corrected chi connectivity index (χ1v) is 6.93. The summed E-state index contributed by atoms with van der Waals surface area (Å²) >= 11 is 6.17. The third-order valence-electron chi connectivity index (χ3n) is 3.86. The molecule has 110 valence electrons. The predicted molar refractivity (Wildman–Crippen MR) is 73.9 cm³/mol. The molecule has 1 aromatic heterocycles. The molecule has 1 fully saturated rings. The van der Waals surface area contributed by atoms with Gasteiger partial charge >= 0.3 is 5.97 Å². The van der Waals surface area contributed by atoms with Gasteiger partial charge in [-0.1, -0.05) is 11.6 Å². The summed E-state index contributed by atoms with van der Waals surface area (Å²) in [6, 6.07) is 0. The smallest absolute Gasteiger partial charge is 0.311 e. The van der Waals surface area contributed by atoms with Crippen molar-refractivity contribution < 1.29 is 14.7 Å². The van der Waals surface area contributed by atoms with E-state index in [2.05, 4.69) is 5.10 Å². The zero-order chi connectivity index (χ0) is 15.1. The highest BCUT2D eigenvalue weighted by atomic mass is 35.5. The molecule has 1 aliphatic rings. The second-order valence-electron chi connectivity index (χ2n) is 5.41. The SMILES string of the molecule is CCn1nc(C)c(C(=O)N2CC[C@@](C)(C(=O)O)C2)c1Cl. The van der Waals surface area contributed by atoms with Gasteiger partial charge in [-0.2, -0.15) is 5.10 Å². The van der Waals surface area contributed by atoms with Gasteiger partial charge in [0.15, 0.2) is 0 Å². The molecule has 0 saturated carbocycles. The third kappa shape index (κ3) is 2.28. The van der Waals surface area contributed by atoms with Gasteiger partial charge in [-0.15, -0.1) is 0 Å². The molecule has 1 amide bonds. The molecule has 1 saturated heterocycles. The number of amides is 1. The van der Waals surface area contributed by atoms with Gasteiger partial charge in [0.05, 0.1) is 16.7 Å². The average Bonchev–Trinajstić information content (AvgIpc) is 2.91. The summed E-state index contributed by atoms with van der Waals surface area (Å²) in [6.45, 7) is 6.50. The minimum absolute atomic E-state index is 0.203. The van der Waals surface area contributed by atoms with E-state index in [0.717, 1.165) is 0 Å².